The largest absolute Gasteiger partial charge is 0.466 e. The first-order valence-electron chi connectivity index (χ1n) is 4.96. The van der Waals surface area contributed by atoms with Crippen molar-refractivity contribution in [2.45, 2.75) is 19.5 Å². The van der Waals surface area contributed by atoms with Crippen LogP contribution in [0, 0.1) is 5.82 Å². The second kappa shape index (κ2) is 5.56. The van der Waals surface area contributed by atoms with Crippen LogP contribution in [0.2, 0.25) is 5.02 Å². The molecule has 0 spiro atoms. The molecule has 0 amide bonds. The molecule has 0 saturated carbocycles. The van der Waals surface area contributed by atoms with Crippen LogP contribution in [0.5, 0.6) is 0 Å². The molecule has 2 nitrogen and oxygen atoms in total. The molecular weight excluding hydrogens is 276 g/mol. The summed E-state index contributed by atoms with van der Waals surface area (Å²) in [7, 11) is 0. The average molecular weight is 285 g/mol. The number of rotatable bonds is 3. The topological polar surface area (TPSA) is 26.3 Å². The van der Waals surface area contributed by atoms with E-state index in [-0.39, 0.29) is 6.61 Å². The molecule has 0 fully saturated rings. The van der Waals surface area contributed by atoms with Gasteiger partial charge in [-0.2, -0.15) is 13.2 Å². The van der Waals surface area contributed by atoms with E-state index in [1.54, 1.807) is 0 Å². The van der Waals surface area contributed by atoms with Gasteiger partial charge in [-0.3, -0.25) is 4.79 Å². The fourth-order valence-electron chi connectivity index (χ4n) is 1.45. The van der Waals surface area contributed by atoms with Crippen molar-refractivity contribution < 1.29 is 27.1 Å². The number of alkyl halides is 3. The summed E-state index contributed by atoms with van der Waals surface area (Å²) < 4.78 is 55.7. The number of hydrogen-bond donors (Lipinski definition) is 0. The van der Waals surface area contributed by atoms with Crippen LogP contribution in [0.4, 0.5) is 17.6 Å². The summed E-state index contributed by atoms with van der Waals surface area (Å²) in [6.07, 6.45) is -5.44. The maximum absolute atomic E-state index is 13.0. The molecule has 0 aromatic heterocycles. The summed E-state index contributed by atoms with van der Waals surface area (Å²) in [5.41, 5.74) is -1.75. The Morgan fingerprint density at radius 1 is 1.39 bits per heavy atom. The van der Waals surface area contributed by atoms with E-state index < -0.39 is 40.5 Å². The minimum Gasteiger partial charge on any atom is -0.466 e. The zero-order valence-corrected chi connectivity index (χ0v) is 10.0. The predicted octanol–water partition coefficient (Wildman–Crippen LogP) is 3.60. The molecule has 0 atom stereocenters. The van der Waals surface area contributed by atoms with Gasteiger partial charge in [-0.05, 0) is 24.6 Å². The zero-order chi connectivity index (χ0) is 13.9. The lowest BCUT2D eigenvalue weighted by Gasteiger charge is -2.14. The summed E-state index contributed by atoms with van der Waals surface area (Å²) in [6, 6.07) is 1.19. The van der Waals surface area contributed by atoms with E-state index in [9.17, 15) is 22.4 Å². The minimum atomic E-state index is -4.76. The first-order chi connectivity index (χ1) is 8.25. The van der Waals surface area contributed by atoms with E-state index in [0.717, 1.165) is 0 Å². The molecule has 1 aromatic carbocycles. The van der Waals surface area contributed by atoms with Crippen LogP contribution in [0.3, 0.4) is 0 Å². The molecule has 0 unspecified atom stereocenters. The van der Waals surface area contributed by atoms with Gasteiger partial charge in [0, 0.05) is 0 Å². The first-order valence-corrected chi connectivity index (χ1v) is 5.34. The van der Waals surface area contributed by atoms with Crippen molar-refractivity contribution >= 4 is 17.6 Å². The normalized spacial score (nSPS) is 11.4. The maximum atomic E-state index is 13.0. The molecule has 0 aliphatic carbocycles. The second-order valence-corrected chi connectivity index (χ2v) is 3.81. The van der Waals surface area contributed by atoms with Crippen molar-refractivity contribution in [3.8, 4) is 0 Å². The highest BCUT2D eigenvalue weighted by Gasteiger charge is 2.36. The number of carbonyl (C=O) groups excluding carboxylic acids is 1. The van der Waals surface area contributed by atoms with Gasteiger partial charge in [0.05, 0.1) is 23.6 Å². The molecule has 0 heterocycles. The van der Waals surface area contributed by atoms with Crippen LogP contribution in [0.1, 0.15) is 18.1 Å². The molecule has 0 radical (unpaired) electrons. The van der Waals surface area contributed by atoms with Crippen LogP contribution < -0.4 is 0 Å². The predicted molar refractivity (Wildman–Crippen MR) is 56.7 cm³/mol. The fraction of sp³-hybridized carbons (Fsp3) is 0.364. The van der Waals surface area contributed by atoms with Crippen LogP contribution in [-0.4, -0.2) is 12.6 Å². The summed E-state index contributed by atoms with van der Waals surface area (Å²) >= 11 is 5.37. The molecule has 1 aromatic rings. The van der Waals surface area contributed by atoms with Crippen molar-refractivity contribution in [2.75, 3.05) is 6.61 Å². The standard InChI is InChI=1S/C11H9ClF4O2/c1-2-18-9(17)4-6-3-7(13)5-8(12)10(6)11(14,15)16/h3,5H,2,4H2,1H3. The Morgan fingerprint density at radius 2 is 2.00 bits per heavy atom. The van der Waals surface area contributed by atoms with Gasteiger partial charge in [-0.1, -0.05) is 11.6 Å². The molecular formula is C11H9ClF4O2. The molecule has 0 saturated heterocycles. The van der Waals surface area contributed by atoms with E-state index in [2.05, 4.69) is 4.74 Å². The van der Waals surface area contributed by atoms with Gasteiger partial charge in [-0.15, -0.1) is 0 Å². The number of carbonyl (C=O) groups is 1. The first kappa shape index (κ1) is 14.8. The van der Waals surface area contributed by atoms with Gasteiger partial charge in [0.25, 0.3) is 0 Å². The van der Waals surface area contributed by atoms with Gasteiger partial charge < -0.3 is 4.74 Å². The quantitative estimate of drug-likeness (QED) is 0.626. The third-order valence-electron chi connectivity index (χ3n) is 2.06. The van der Waals surface area contributed by atoms with Crippen LogP contribution >= 0.6 is 11.6 Å². The average Bonchev–Trinajstić information content (AvgIpc) is 2.13. The molecule has 1 rings (SSSR count). The van der Waals surface area contributed by atoms with Crippen LogP contribution in [0.15, 0.2) is 12.1 Å². The highest BCUT2D eigenvalue weighted by molar-refractivity contribution is 6.31. The number of hydrogen-bond acceptors (Lipinski definition) is 2. The monoisotopic (exact) mass is 284 g/mol. The number of halogens is 5. The van der Waals surface area contributed by atoms with Gasteiger partial charge in [-0.25, -0.2) is 4.39 Å². The molecule has 0 aliphatic rings. The smallest absolute Gasteiger partial charge is 0.418 e. The maximum Gasteiger partial charge on any atom is 0.418 e. The molecule has 7 heteroatoms. The van der Waals surface area contributed by atoms with E-state index in [0.29, 0.717) is 12.1 Å². The highest BCUT2D eigenvalue weighted by atomic mass is 35.5. The van der Waals surface area contributed by atoms with Crippen LogP contribution in [0.25, 0.3) is 0 Å². The van der Waals surface area contributed by atoms with Crippen LogP contribution in [-0.2, 0) is 22.1 Å². The second-order valence-electron chi connectivity index (χ2n) is 3.40. The van der Waals surface area contributed by atoms with Crippen molar-refractivity contribution in [1.29, 1.82) is 0 Å². The van der Waals surface area contributed by atoms with Crippen molar-refractivity contribution in [1.82, 2.24) is 0 Å². The highest BCUT2D eigenvalue weighted by Crippen LogP contribution is 2.38. The number of ether oxygens (including phenoxy) is 1. The summed E-state index contributed by atoms with van der Waals surface area (Å²) in [5, 5.41) is -0.776. The Kier molecular flexibility index (Phi) is 4.56. The molecule has 100 valence electrons. The Labute approximate surface area is 105 Å². The minimum absolute atomic E-state index is 0.0310. The van der Waals surface area contributed by atoms with Crippen molar-refractivity contribution in [3.63, 3.8) is 0 Å². The Morgan fingerprint density at radius 3 is 2.50 bits per heavy atom. The van der Waals surface area contributed by atoms with Gasteiger partial charge >= 0.3 is 12.1 Å². The lowest BCUT2D eigenvalue weighted by molar-refractivity contribution is -0.143. The number of benzene rings is 1. The SMILES string of the molecule is CCOC(=O)Cc1cc(F)cc(Cl)c1C(F)(F)F. The molecule has 0 aliphatic heterocycles. The van der Waals surface area contributed by atoms with E-state index in [1.165, 1.54) is 6.92 Å². The number of esters is 1. The van der Waals surface area contributed by atoms with Crippen molar-refractivity contribution in [3.05, 3.63) is 34.1 Å². The third kappa shape index (κ3) is 3.60. The van der Waals surface area contributed by atoms with Crippen molar-refractivity contribution in [2.24, 2.45) is 0 Å². The summed E-state index contributed by atoms with van der Waals surface area (Å²) in [5.74, 6) is -1.81. The molecule has 18 heavy (non-hydrogen) atoms. The Bertz CT molecular complexity index is 457. The van der Waals surface area contributed by atoms with Gasteiger partial charge in [0.1, 0.15) is 5.82 Å². The lowest BCUT2D eigenvalue weighted by atomic mass is 10.0. The molecule has 0 bridgehead atoms. The van der Waals surface area contributed by atoms with E-state index in [1.807, 2.05) is 0 Å². The molecule has 0 N–H and O–H groups in total. The Hall–Kier alpha value is -1.30. The lowest BCUT2D eigenvalue weighted by Crippen LogP contribution is -2.15. The zero-order valence-electron chi connectivity index (χ0n) is 9.28. The van der Waals surface area contributed by atoms with E-state index >= 15 is 0 Å². The summed E-state index contributed by atoms with van der Waals surface area (Å²) in [6.45, 7) is 1.55. The third-order valence-corrected chi connectivity index (χ3v) is 2.36. The van der Waals surface area contributed by atoms with Gasteiger partial charge in [0.2, 0.25) is 0 Å². The Balaban J connectivity index is 3.20. The fourth-order valence-corrected chi connectivity index (χ4v) is 1.78. The summed E-state index contributed by atoms with van der Waals surface area (Å²) in [4.78, 5) is 11.2. The van der Waals surface area contributed by atoms with Gasteiger partial charge in [0.15, 0.2) is 0 Å². The van der Waals surface area contributed by atoms with E-state index in [4.69, 9.17) is 11.6 Å².